The van der Waals surface area contributed by atoms with Crippen LogP contribution in [0.4, 0.5) is 0 Å². The van der Waals surface area contributed by atoms with Gasteiger partial charge in [-0.2, -0.15) is 0 Å². The molecule has 0 radical (unpaired) electrons. The van der Waals surface area contributed by atoms with Crippen LogP contribution in [-0.4, -0.2) is 0 Å². The Labute approximate surface area is 240 Å². The fourth-order valence-corrected chi connectivity index (χ4v) is 7.19. The quantitative estimate of drug-likeness (QED) is 0.162. The number of hydrogen-bond donors (Lipinski definition) is 0. The van der Waals surface area contributed by atoms with Gasteiger partial charge >= 0.3 is 0 Å². The summed E-state index contributed by atoms with van der Waals surface area (Å²) in [6.45, 7) is 4.41. The lowest BCUT2D eigenvalue weighted by molar-refractivity contribution is 1.16. The molecular weight excluding hydrogens is 662 g/mol. The predicted octanol–water partition coefficient (Wildman–Crippen LogP) is 10.2. The molecule has 0 bridgehead atoms. The van der Waals surface area contributed by atoms with Crippen molar-refractivity contribution >= 4 is 77.5 Å². The van der Waals surface area contributed by atoms with Gasteiger partial charge in [0.25, 0.3) is 0 Å². The highest BCUT2D eigenvalue weighted by molar-refractivity contribution is 14.1. The summed E-state index contributed by atoms with van der Waals surface area (Å²) in [4.78, 5) is 0. The molecule has 0 nitrogen and oxygen atoms in total. The second-order valence-corrected chi connectivity index (χ2v) is 12.2. The molecule has 0 aliphatic heterocycles. The van der Waals surface area contributed by atoms with Gasteiger partial charge < -0.3 is 0 Å². The van der Waals surface area contributed by atoms with Crippen molar-refractivity contribution in [3.8, 4) is 0 Å². The molecule has 0 fully saturated rings. The zero-order valence-corrected chi connectivity index (χ0v) is 24.7. The zero-order valence-electron chi connectivity index (χ0n) is 20.4. The number of rotatable bonds is 4. The van der Waals surface area contributed by atoms with Gasteiger partial charge in [0.1, 0.15) is 0 Å². The maximum absolute atomic E-state index is 2.50. The summed E-state index contributed by atoms with van der Waals surface area (Å²) < 4.78 is 2.64. The minimum Gasteiger partial charge on any atom is -0.0616 e. The van der Waals surface area contributed by atoms with E-state index in [2.05, 4.69) is 156 Å². The predicted molar refractivity (Wildman–Crippen MR) is 172 cm³/mol. The lowest BCUT2D eigenvalue weighted by Crippen LogP contribution is -1.95. The van der Waals surface area contributed by atoms with E-state index in [1.54, 1.807) is 0 Å². The molecule has 0 saturated heterocycles. The molecule has 0 aromatic heterocycles. The molecule has 0 heterocycles. The molecule has 0 N–H and O–H groups in total. The zero-order chi connectivity index (χ0) is 24.8. The minimum atomic E-state index is 0.945. The molecule has 36 heavy (non-hydrogen) atoms. The Balaban J connectivity index is 1.33. The fraction of sp³-hybridized carbons (Fsp3) is 0.118. The van der Waals surface area contributed by atoms with Gasteiger partial charge in [-0.15, -0.1) is 0 Å². The monoisotopic (exact) mass is 688 g/mol. The third-order valence-corrected chi connectivity index (χ3v) is 8.93. The van der Waals surface area contributed by atoms with Gasteiger partial charge in [-0.05, 0) is 150 Å². The van der Waals surface area contributed by atoms with Crippen LogP contribution in [0.25, 0.3) is 32.3 Å². The van der Waals surface area contributed by atoms with Gasteiger partial charge in [-0.3, -0.25) is 0 Å². The first kappa shape index (κ1) is 23.9. The summed E-state index contributed by atoms with van der Waals surface area (Å²) >= 11 is 4.95. The van der Waals surface area contributed by atoms with E-state index >= 15 is 0 Å². The van der Waals surface area contributed by atoms with E-state index < -0.39 is 0 Å². The fourth-order valence-electron chi connectivity index (χ4n) is 5.31. The molecule has 2 heteroatoms. The highest BCUT2D eigenvalue weighted by Crippen LogP contribution is 2.29. The summed E-state index contributed by atoms with van der Waals surface area (Å²) in [5.74, 6) is 0. The molecule has 6 aromatic carbocycles. The summed E-state index contributed by atoms with van der Waals surface area (Å²) in [6.07, 6.45) is 1.90. The van der Waals surface area contributed by atoms with Gasteiger partial charge in [0.2, 0.25) is 0 Å². The van der Waals surface area contributed by atoms with Gasteiger partial charge in [-0.25, -0.2) is 0 Å². The van der Waals surface area contributed by atoms with E-state index in [-0.39, 0.29) is 0 Å². The van der Waals surface area contributed by atoms with Crippen LogP contribution in [0.15, 0.2) is 97.1 Å². The average molecular weight is 688 g/mol. The summed E-state index contributed by atoms with van der Waals surface area (Å²) in [5, 5.41) is 7.97. The van der Waals surface area contributed by atoms with E-state index in [0.29, 0.717) is 0 Å². The van der Waals surface area contributed by atoms with Crippen LogP contribution in [0.3, 0.4) is 0 Å². The van der Waals surface area contributed by atoms with E-state index in [0.717, 1.165) is 12.8 Å². The lowest BCUT2D eigenvalue weighted by atomic mass is 9.94. The second-order valence-electron chi connectivity index (χ2n) is 9.91. The van der Waals surface area contributed by atoms with Crippen molar-refractivity contribution in [2.24, 2.45) is 0 Å². The Kier molecular flexibility index (Phi) is 6.51. The maximum Gasteiger partial charge on any atom is 0.0211 e. The van der Waals surface area contributed by atoms with E-state index in [9.17, 15) is 0 Å². The average Bonchev–Trinajstić information content (AvgIpc) is 2.84. The molecule has 0 spiro atoms. The summed E-state index contributed by atoms with van der Waals surface area (Å²) in [7, 11) is 0. The molecule has 0 aliphatic carbocycles. The minimum absolute atomic E-state index is 0.945. The number of aryl methyl sites for hydroxylation is 2. The molecule has 6 aromatic rings. The highest BCUT2D eigenvalue weighted by Gasteiger charge is 2.09. The molecule has 0 unspecified atom stereocenters. The smallest absolute Gasteiger partial charge is 0.0211 e. The van der Waals surface area contributed by atoms with Crippen LogP contribution in [-0.2, 0) is 12.8 Å². The Bertz CT molecular complexity index is 1780. The number of halogens is 2. The highest BCUT2D eigenvalue weighted by atomic mass is 127. The summed E-state index contributed by atoms with van der Waals surface area (Å²) in [5.41, 5.74) is 8.18. The van der Waals surface area contributed by atoms with E-state index in [1.807, 2.05) is 0 Å². The first-order valence-electron chi connectivity index (χ1n) is 12.3. The molecule has 176 valence electrons. The summed E-state index contributed by atoms with van der Waals surface area (Å²) in [6, 6.07) is 36.5. The van der Waals surface area contributed by atoms with Crippen molar-refractivity contribution in [3.05, 3.63) is 138 Å². The number of fused-ring (bicyclic) bond motifs is 3. The third-order valence-electron chi connectivity index (χ3n) is 7.14. The van der Waals surface area contributed by atoms with Crippen LogP contribution >= 0.6 is 45.2 Å². The third kappa shape index (κ3) is 4.78. The van der Waals surface area contributed by atoms with E-state index in [1.165, 1.54) is 72.8 Å². The van der Waals surface area contributed by atoms with Crippen LogP contribution in [0.5, 0.6) is 0 Å². The van der Waals surface area contributed by atoms with Crippen LogP contribution in [0.1, 0.15) is 33.4 Å². The topological polar surface area (TPSA) is 0 Å². The SMILES string of the molecule is Cc1cc(I)c2ccc(Cc3ccc4c(I)cc(Cc5cc6ccccc6cc5C)cc4c3)cc2c1. The molecule has 0 amide bonds. The molecule has 6 rings (SSSR count). The first-order chi connectivity index (χ1) is 17.4. The Morgan fingerprint density at radius 2 is 1.08 bits per heavy atom. The number of benzene rings is 6. The van der Waals surface area contributed by atoms with Crippen molar-refractivity contribution in [1.29, 1.82) is 0 Å². The largest absolute Gasteiger partial charge is 0.0616 e. The van der Waals surface area contributed by atoms with Crippen molar-refractivity contribution in [2.45, 2.75) is 26.7 Å². The van der Waals surface area contributed by atoms with Crippen LogP contribution in [0.2, 0.25) is 0 Å². The van der Waals surface area contributed by atoms with Gasteiger partial charge in [0.15, 0.2) is 0 Å². The van der Waals surface area contributed by atoms with Gasteiger partial charge in [-0.1, -0.05) is 84.9 Å². The van der Waals surface area contributed by atoms with Gasteiger partial charge in [0.05, 0.1) is 0 Å². The molecular formula is C34H26I2. The lowest BCUT2D eigenvalue weighted by Gasteiger charge is -2.12. The van der Waals surface area contributed by atoms with Gasteiger partial charge in [0, 0.05) is 7.14 Å². The maximum atomic E-state index is 2.50. The first-order valence-corrected chi connectivity index (χ1v) is 14.5. The van der Waals surface area contributed by atoms with E-state index in [4.69, 9.17) is 0 Å². The number of hydrogen-bond acceptors (Lipinski definition) is 0. The van der Waals surface area contributed by atoms with Crippen molar-refractivity contribution < 1.29 is 0 Å². The molecule has 0 saturated carbocycles. The van der Waals surface area contributed by atoms with Crippen molar-refractivity contribution in [2.75, 3.05) is 0 Å². The standard InChI is InChI=1S/C34H26I2/c1-21-11-29-15-23(7-9-31(29)33(35)12-21)14-24-8-10-32-30(16-24)18-25(19-34(32)36)17-28-20-27-6-4-3-5-26(27)13-22(28)2/h3-13,15-16,18-20H,14,17H2,1-2H3. The van der Waals surface area contributed by atoms with Crippen molar-refractivity contribution in [3.63, 3.8) is 0 Å². The second kappa shape index (κ2) is 9.79. The Hall–Kier alpha value is -2.44. The van der Waals surface area contributed by atoms with Crippen molar-refractivity contribution in [1.82, 2.24) is 0 Å². The van der Waals surface area contributed by atoms with Crippen LogP contribution < -0.4 is 0 Å². The van der Waals surface area contributed by atoms with Crippen LogP contribution in [0, 0.1) is 21.0 Å². The Morgan fingerprint density at radius 3 is 1.78 bits per heavy atom. The molecule has 0 atom stereocenters. The Morgan fingerprint density at radius 1 is 0.500 bits per heavy atom. The normalized spacial score (nSPS) is 11.6. The molecule has 0 aliphatic rings.